The Labute approximate surface area is 247 Å². The van der Waals surface area contributed by atoms with Gasteiger partial charge in [-0.25, -0.2) is 14.2 Å². The topological polar surface area (TPSA) is 121 Å². The second-order valence-electron chi connectivity index (χ2n) is 10.7. The third-order valence-electron chi connectivity index (χ3n) is 7.94. The summed E-state index contributed by atoms with van der Waals surface area (Å²) in [7, 11) is 0. The van der Waals surface area contributed by atoms with E-state index in [0.29, 0.717) is 56.1 Å². The first kappa shape index (κ1) is 28.3. The lowest BCUT2D eigenvalue weighted by Crippen LogP contribution is -2.48. The molecule has 1 atom stereocenters. The number of nitriles is 1. The van der Waals surface area contributed by atoms with Crippen molar-refractivity contribution in [2.75, 3.05) is 32.8 Å². The molecule has 0 unspecified atom stereocenters. The third kappa shape index (κ3) is 6.21. The maximum Gasteiger partial charge on any atom is 0.335 e. The van der Waals surface area contributed by atoms with Crippen LogP contribution in [0.1, 0.15) is 44.1 Å². The minimum absolute atomic E-state index is 0.0247. The number of amides is 1. The molecule has 2 aliphatic heterocycles. The molecule has 2 saturated heterocycles. The van der Waals surface area contributed by atoms with Gasteiger partial charge in [0.2, 0.25) is 0 Å². The van der Waals surface area contributed by atoms with Crippen molar-refractivity contribution in [3.63, 3.8) is 0 Å². The quantitative estimate of drug-likeness (QED) is 0.313. The lowest BCUT2D eigenvalue weighted by Gasteiger charge is -2.35. The number of hydrogen-bond donors (Lipinski definition) is 1. The molecule has 3 aromatic carbocycles. The van der Waals surface area contributed by atoms with Crippen LogP contribution in [0.15, 0.2) is 60.7 Å². The fourth-order valence-electron chi connectivity index (χ4n) is 5.37. The van der Waals surface area contributed by atoms with Gasteiger partial charge in [0.05, 0.1) is 47.4 Å². The molecule has 11 heteroatoms. The lowest BCUT2D eigenvalue weighted by molar-refractivity contribution is -0.0592. The van der Waals surface area contributed by atoms with E-state index in [-0.39, 0.29) is 29.7 Å². The van der Waals surface area contributed by atoms with Gasteiger partial charge in [0.25, 0.3) is 5.91 Å². The minimum atomic E-state index is -0.978. The van der Waals surface area contributed by atoms with E-state index in [1.165, 1.54) is 18.2 Å². The molecule has 2 aliphatic rings. The number of aromatic nitrogens is 2. The average molecular weight is 584 g/mol. The maximum atomic E-state index is 14.2. The summed E-state index contributed by atoms with van der Waals surface area (Å²) < 4.78 is 27.7. The summed E-state index contributed by atoms with van der Waals surface area (Å²) in [5.41, 5.74) is 2.80. The fraction of sp³-hybridized carbons (Fsp3) is 0.312. The van der Waals surface area contributed by atoms with Gasteiger partial charge < -0.3 is 24.0 Å². The van der Waals surface area contributed by atoms with Crippen molar-refractivity contribution in [2.45, 2.75) is 32.2 Å². The van der Waals surface area contributed by atoms with Gasteiger partial charge in [0, 0.05) is 43.9 Å². The van der Waals surface area contributed by atoms with Crippen LogP contribution in [0.4, 0.5) is 4.39 Å². The van der Waals surface area contributed by atoms with Crippen molar-refractivity contribution in [1.29, 1.82) is 5.26 Å². The number of carboxylic acid groups (broad SMARTS) is 1. The normalized spacial score (nSPS) is 16.9. The first-order valence-corrected chi connectivity index (χ1v) is 14.1. The Hall–Kier alpha value is -4.79. The van der Waals surface area contributed by atoms with Gasteiger partial charge >= 0.3 is 5.97 Å². The van der Waals surface area contributed by atoms with E-state index >= 15 is 0 Å². The molecule has 3 heterocycles. The second kappa shape index (κ2) is 12.2. The fourth-order valence-corrected chi connectivity index (χ4v) is 5.37. The Morgan fingerprint density at radius 1 is 1.07 bits per heavy atom. The summed E-state index contributed by atoms with van der Waals surface area (Å²) in [6, 6.07) is 18.0. The summed E-state index contributed by atoms with van der Waals surface area (Å²) in [5, 5.41) is 18.4. The number of carbonyl (C=O) groups excluding carboxylic acids is 1. The van der Waals surface area contributed by atoms with Crippen LogP contribution in [-0.2, 0) is 24.4 Å². The average Bonchev–Trinajstić information content (AvgIpc) is 3.34. The molecule has 4 aromatic rings. The van der Waals surface area contributed by atoms with Crippen LogP contribution in [0.3, 0.4) is 0 Å². The number of piperazine rings is 1. The number of hydrogen-bond acceptors (Lipinski definition) is 7. The highest BCUT2D eigenvalue weighted by atomic mass is 19.1. The van der Waals surface area contributed by atoms with Gasteiger partial charge in [-0.2, -0.15) is 5.26 Å². The first-order chi connectivity index (χ1) is 20.9. The Bertz CT molecular complexity index is 1720. The summed E-state index contributed by atoms with van der Waals surface area (Å²) in [5.74, 6) is -0.300. The lowest BCUT2D eigenvalue weighted by atomic mass is 10.1. The summed E-state index contributed by atoms with van der Waals surface area (Å²) in [6.45, 7) is 4.28. The summed E-state index contributed by atoms with van der Waals surface area (Å²) in [4.78, 5) is 33.8. The number of imidazole rings is 1. The highest BCUT2D eigenvalue weighted by Gasteiger charge is 2.26. The van der Waals surface area contributed by atoms with Crippen molar-refractivity contribution in [2.24, 2.45) is 0 Å². The van der Waals surface area contributed by atoms with Crippen LogP contribution < -0.4 is 4.74 Å². The van der Waals surface area contributed by atoms with E-state index in [9.17, 15) is 19.1 Å². The molecule has 2 fully saturated rings. The van der Waals surface area contributed by atoms with E-state index < -0.39 is 11.8 Å². The van der Waals surface area contributed by atoms with E-state index in [4.69, 9.17) is 19.7 Å². The maximum absolute atomic E-state index is 14.2. The zero-order chi connectivity index (χ0) is 29.9. The summed E-state index contributed by atoms with van der Waals surface area (Å²) >= 11 is 0. The molecule has 0 bridgehead atoms. The molecule has 1 N–H and O–H groups in total. The molecule has 6 rings (SSSR count). The SMILES string of the molecule is N#Cc1ccc(COc2cccc(C(=O)N3CCN(Cc4nc5ccc(C(=O)O)cc5n4C[C@@H]4CCO4)CC3)c2)c(F)c1. The molecule has 0 aliphatic carbocycles. The largest absolute Gasteiger partial charge is 0.489 e. The van der Waals surface area contributed by atoms with Gasteiger partial charge in [-0.05, 0) is 55.0 Å². The van der Waals surface area contributed by atoms with E-state index in [1.54, 1.807) is 47.4 Å². The van der Waals surface area contributed by atoms with Gasteiger partial charge in [-0.15, -0.1) is 0 Å². The zero-order valence-corrected chi connectivity index (χ0v) is 23.4. The Morgan fingerprint density at radius 2 is 1.88 bits per heavy atom. The van der Waals surface area contributed by atoms with Gasteiger partial charge in [-0.3, -0.25) is 9.69 Å². The highest BCUT2D eigenvalue weighted by molar-refractivity contribution is 5.94. The predicted octanol–water partition coefficient (Wildman–Crippen LogP) is 4.07. The monoisotopic (exact) mass is 583 g/mol. The molecule has 0 saturated carbocycles. The Balaban J connectivity index is 1.09. The van der Waals surface area contributed by atoms with Crippen molar-refractivity contribution in [1.82, 2.24) is 19.4 Å². The number of halogens is 1. The molecule has 1 amide bonds. The predicted molar refractivity (Wildman–Crippen MR) is 154 cm³/mol. The van der Waals surface area contributed by atoms with Gasteiger partial charge in [0.15, 0.2) is 0 Å². The third-order valence-corrected chi connectivity index (χ3v) is 7.94. The van der Waals surface area contributed by atoms with Crippen LogP contribution in [0.2, 0.25) is 0 Å². The van der Waals surface area contributed by atoms with Crippen LogP contribution >= 0.6 is 0 Å². The van der Waals surface area contributed by atoms with Crippen molar-refractivity contribution in [3.8, 4) is 11.8 Å². The minimum Gasteiger partial charge on any atom is -0.489 e. The van der Waals surface area contributed by atoms with Crippen molar-refractivity contribution < 1.29 is 28.6 Å². The second-order valence-corrected chi connectivity index (χ2v) is 10.7. The van der Waals surface area contributed by atoms with Crippen LogP contribution in [0.5, 0.6) is 5.75 Å². The standard InChI is InChI=1S/C32H30FN5O5/c33-27-14-21(17-34)4-5-24(27)20-43-25-3-1-2-22(15-25)31(39)37-11-9-36(10-12-37)19-30-35-28-7-6-23(32(40)41)16-29(28)38(30)18-26-8-13-42-26/h1-7,14-16,26H,8-13,18-20H2,(H,40,41)/t26-/m0/s1. The number of carbonyl (C=O) groups is 2. The molecular formula is C32H30FN5O5. The molecule has 1 aromatic heterocycles. The summed E-state index contributed by atoms with van der Waals surface area (Å²) in [6.07, 6.45) is 1.04. The number of fused-ring (bicyclic) bond motifs is 1. The van der Waals surface area contributed by atoms with E-state index in [0.717, 1.165) is 29.9 Å². The Morgan fingerprint density at radius 3 is 2.58 bits per heavy atom. The van der Waals surface area contributed by atoms with Crippen LogP contribution in [-0.4, -0.2) is 75.2 Å². The number of rotatable bonds is 9. The molecule has 10 nitrogen and oxygen atoms in total. The number of benzene rings is 3. The molecule has 220 valence electrons. The van der Waals surface area contributed by atoms with E-state index in [2.05, 4.69) is 9.47 Å². The number of ether oxygens (including phenoxy) is 2. The van der Waals surface area contributed by atoms with Crippen LogP contribution in [0, 0.1) is 17.1 Å². The smallest absolute Gasteiger partial charge is 0.335 e. The number of nitrogens with zero attached hydrogens (tertiary/aromatic N) is 5. The highest BCUT2D eigenvalue weighted by Crippen LogP contribution is 2.24. The zero-order valence-electron chi connectivity index (χ0n) is 23.4. The molecule has 43 heavy (non-hydrogen) atoms. The van der Waals surface area contributed by atoms with E-state index in [1.807, 2.05) is 6.07 Å². The number of carboxylic acids is 1. The Kier molecular flexibility index (Phi) is 8.05. The molecular weight excluding hydrogens is 553 g/mol. The first-order valence-electron chi connectivity index (χ1n) is 14.1. The van der Waals surface area contributed by atoms with Gasteiger partial charge in [0.1, 0.15) is 24.0 Å². The van der Waals surface area contributed by atoms with Gasteiger partial charge in [-0.1, -0.05) is 12.1 Å². The number of aromatic carboxylic acids is 1. The molecule has 0 radical (unpaired) electrons. The van der Waals surface area contributed by atoms with Crippen LogP contribution in [0.25, 0.3) is 11.0 Å². The molecule has 0 spiro atoms. The van der Waals surface area contributed by atoms with Crippen molar-refractivity contribution >= 4 is 22.9 Å². The van der Waals surface area contributed by atoms with Crippen molar-refractivity contribution in [3.05, 3.63) is 94.6 Å².